The van der Waals surface area contributed by atoms with E-state index in [2.05, 4.69) is 15.1 Å². The molecule has 0 unspecified atom stereocenters. The molecule has 1 N–H and O–H groups in total. The maximum absolute atomic E-state index is 13.1. The van der Waals surface area contributed by atoms with Gasteiger partial charge in [-0.1, -0.05) is 12.1 Å². The van der Waals surface area contributed by atoms with Crippen molar-refractivity contribution >= 4 is 17.3 Å². The lowest BCUT2D eigenvalue weighted by Crippen LogP contribution is -2.52. The zero-order valence-electron chi connectivity index (χ0n) is 15.8. The van der Waals surface area contributed by atoms with Gasteiger partial charge < -0.3 is 15.0 Å². The molecule has 0 aliphatic carbocycles. The summed E-state index contributed by atoms with van der Waals surface area (Å²) in [4.78, 5) is 17.1. The van der Waals surface area contributed by atoms with Crippen molar-refractivity contribution in [3.8, 4) is 5.75 Å². The molecule has 1 heterocycles. The third-order valence-electron chi connectivity index (χ3n) is 4.88. The number of hydrogen-bond acceptors (Lipinski definition) is 4. The van der Waals surface area contributed by atoms with E-state index in [4.69, 9.17) is 4.74 Å². The van der Waals surface area contributed by atoms with Crippen molar-refractivity contribution in [1.82, 2.24) is 4.90 Å². The highest BCUT2D eigenvalue weighted by atomic mass is 19.1. The molecule has 1 aliphatic rings. The minimum Gasteiger partial charge on any atom is -0.492 e. The highest BCUT2D eigenvalue weighted by molar-refractivity contribution is 5.95. The summed E-state index contributed by atoms with van der Waals surface area (Å²) in [7, 11) is 0. The molecule has 0 spiro atoms. The molecule has 5 nitrogen and oxygen atoms in total. The molecule has 3 rings (SSSR count). The first-order chi connectivity index (χ1) is 13.1. The lowest BCUT2D eigenvalue weighted by Gasteiger charge is -2.38. The summed E-state index contributed by atoms with van der Waals surface area (Å²) in [6.45, 7) is 7.55. The van der Waals surface area contributed by atoms with E-state index in [-0.39, 0.29) is 17.8 Å². The van der Waals surface area contributed by atoms with E-state index in [9.17, 15) is 9.18 Å². The Morgan fingerprint density at radius 3 is 2.44 bits per heavy atom. The molecule has 27 heavy (non-hydrogen) atoms. The fourth-order valence-corrected chi connectivity index (χ4v) is 3.27. The fourth-order valence-electron chi connectivity index (χ4n) is 3.27. The van der Waals surface area contributed by atoms with Crippen LogP contribution in [0.1, 0.15) is 13.8 Å². The van der Waals surface area contributed by atoms with Crippen LogP contribution in [0.4, 0.5) is 15.8 Å². The van der Waals surface area contributed by atoms with Crippen molar-refractivity contribution in [2.24, 2.45) is 0 Å². The topological polar surface area (TPSA) is 44.8 Å². The van der Waals surface area contributed by atoms with Crippen LogP contribution in [0.15, 0.2) is 48.5 Å². The van der Waals surface area contributed by atoms with E-state index in [1.165, 1.54) is 12.1 Å². The zero-order chi connectivity index (χ0) is 19.2. The SMILES string of the molecule is CCOc1ccccc1NC(=O)[C@H](C)N1CCN(c2ccc(F)cc2)CC1. The van der Waals surface area contributed by atoms with Gasteiger partial charge in [0.25, 0.3) is 0 Å². The second kappa shape index (κ2) is 8.86. The Bertz CT molecular complexity index is 758. The summed E-state index contributed by atoms with van der Waals surface area (Å²) >= 11 is 0. The van der Waals surface area contributed by atoms with E-state index < -0.39 is 0 Å². The van der Waals surface area contributed by atoms with Gasteiger partial charge in [0, 0.05) is 31.9 Å². The summed E-state index contributed by atoms with van der Waals surface area (Å²) in [5.41, 5.74) is 1.71. The van der Waals surface area contributed by atoms with Crippen LogP contribution < -0.4 is 15.0 Å². The monoisotopic (exact) mass is 371 g/mol. The highest BCUT2D eigenvalue weighted by Gasteiger charge is 2.26. The Kier molecular flexibility index (Phi) is 6.29. The van der Waals surface area contributed by atoms with Gasteiger partial charge in [-0.2, -0.15) is 0 Å². The van der Waals surface area contributed by atoms with Gasteiger partial charge in [-0.25, -0.2) is 4.39 Å². The molecule has 6 heteroatoms. The normalized spacial score (nSPS) is 16.0. The second-order valence-corrected chi connectivity index (χ2v) is 6.59. The van der Waals surface area contributed by atoms with Gasteiger partial charge in [-0.15, -0.1) is 0 Å². The number of carbonyl (C=O) groups excluding carboxylic acids is 1. The molecule has 144 valence electrons. The zero-order valence-corrected chi connectivity index (χ0v) is 15.8. The highest BCUT2D eigenvalue weighted by Crippen LogP contribution is 2.24. The molecule has 1 aliphatic heterocycles. The van der Waals surface area contributed by atoms with Gasteiger partial charge in [0.1, 0.15) is 11.6 Å². The molecule has 2 aromatic rings. The maximum Gasteiger partial charge on any atom is 0.241 e. The number of piperazine rings is 1. The van der Waals surface area contributed by atoms with E-state index in [0.717, 1.165) is 31.9 Å². The van der Waals surface area contributed by atoms with Crippen molar-refractivity contribution in [3.63, 3.8) is 0 Å². The van der Waals surface area contributed by atoms with E-state index >= 15 is 0 Å². The average molecular weight is 371 g/mol. The van der Waals surface area contributed by atoms with Crippen LogP contribution in [0.2, 0.25) is 0 Å². The Morgan fingerprint density at radius 1 is 1.11 bits per heavy atom. The first-order valence-corrected chi connectivity index (χ1v) is 9.35. The van der Waals surface area contributed by atoms with Crippen molar-refractivity contribution in [3.05, 3.63) is 54.3 Å². The molecule has 0 aromatic heterocycles. The van der Waals surface area contributed by atoms with Crippen molar-refractivity contribution in [2.75, 3.05) is 43.0 Å². The number of para-hydroxylation sites is 2. The Hall–Kier alpha value is -2.60. The van der Waals surface area contributed by atoms with Crippen molar-refractivity contribution < 1.29 is 13.9 Å². The summed E-state index contributed by atoms with van der Waals surface area (Å²) < 4.78 is 18.7. The molecular weight excluding hydrogens is 345 g/mol. The van der Waals surface area contributed by atoms with Crippen LogP contribution in [0.3, 0.4) is 0 Å². The van der Waals surface area contributed by atoms with Gasteiger partial charge in [0.05, 0.1) is 18.3 Å². The molecule has 0 radical (unpaired) electrons. The molecule has 0 saturated carbocycles. The first kappa shape index (κ1) is 19.2. The third-order valence-corrected chi connectivity index (χ3v) is 4.88. The molecule has 0 bridgehead atoms. The number of ether oxygens (including phenoxy) is 1. The number of amides is 1. The summed E-state index contributed by atoms with van der Waals surface area (Å²) in [5, 5.41) is 2.98. The number of nitrogens with one attached hydrogen (secondary N) is 1. The lowest BCUT2D eigenvalue weighted by atomic mass is 10.2. The molecule has 2 aromatic carbocycles. The third kappa shape index (κ3) is 4.77. The molecule has 1 atom stereocenters. The van der Waals surface area contributed by atoms with Crippen molar-refractivity contribution in [2.45, 2.75) is 19.9 Å². The number of hydrogen-bond donors (Lipinski definition) is 1. The summed E-state index contributed by atoms with van der Waals surface area (Å²) in [5.74, 6) is 0.411. The standard InChI is InChI=1S/C21H26FN3O2/c1-3-27-20-7-5-4-6-19(20)23-21(26)16(2)24-12-14-25(15-13-24)18-10-8-17(22)9-11-18/h4-11,16H,3,12-15H2,1-2H3,(H,23,26)/t16-/m0/s1. The second-order valence-electron chi connectivity index (χ2n) is 6.59. The van der Waals surface area contributed by atoms with E-state index in [1.807, 2.05) is 38.1 Å². The van der Waals surface area contributed by atoms with Crippen LogP contribution in [-0.4, -0.2) is 49.6 Å². The predicted molar refractivity (Wildman–Crippen MR) is 106 cm³/mol. The maximum atomic E-state index is 13.1. The van der Waals surface area contributed by atoms with Crippen LogP contribution in [-0.2, 0) is 4.79 Å². The first-order valence-electron chi connectivity index (χ1n) is 9.35. The van der Waals surface area contributed by atoms with Crippen LogP contribution in [0, 0.1) is 5.82 Å². The van der Waals surface area contributed by atoms with Gasteiger partial charge >= 0.3 is 0 Å². The largest absolute Gasteiger partial charge is 0.492 e. The van der Waals surface area contributed by atoms with Gasteiger partial charge in [-0.05, 0) is 50.2 Å². The average Bonchev–Trinajstić information content (AvgIpc) is 2.70. The van der Waals surface area contributed by atoms with Crippen LogP contribution >= 0.6 is 0 Å². The minimum absolute atomic E-state index is 0.0441. The quantitative estimate of drug-likeness (QED) is 0.846. The van der Waals surface area contributed by atoms with Gasteiger partial charge in [0.2, 0.25) is 5.91 Å². The number of rotatable bonds is 6. The Labute approximate surface area is 159 Å². The molecular formula is C21H26FN3O2. The van der Waals surface area contributed by atoms with Crippen LogP contribution in [0.5, 0.6) is 5.75 Å². The Balaban J connectivity index is 1.56. The number of carbonyl (C=O) groups is 1. The molecule has 1 fully saturated rings. The predicted octanol–water partition coefficient (Wildman–Crippen LogP) is 3.37. The van der Waals surface area contributed by atoms with Gasteiger partial charge in [0.15, 0.2) is 0 Å². The number of nitrogens with zero attached hydrogens (tertiary/aromatic N) is 2. The number of halogens is 1. The van der Waals surface area contributed by atoms with Crippen LogP contribution in [0.25, 0.3) is 0 Å². The smallest absolute Gasteiger partial charge is 0.241 e. The molecule has 1 saturated heterocycles. The van der Waals surface area contributed by atoms with Crippen molar-refractivity contribution in [1.29, 1.82) is 0 Å². The van der Waals surface area contributed by atoms with E-state index in [0.29, 0.717) is 18.0 Å². The molecule has 1 amide bonds. The van der Waals surface area contributed by atoms with E-state index in [1.54, 1.807) is 12.1 Å². The fraction of sp³-hybridized carbons (Fsp3) is 0.381. The number of anilines is 2. The summed E-state index contributed by atoms with van der Waals surface area (Å²) in [6, 6.07) is 13.8. The minimum atomic E-state index is -0.241. The number of benzene rings is 2. The summed E-state index contributed by atoms with van der Waals surface area (Å²) in [6.07, 6.45) is 0. The lowest BCUT2D eigenvalue weighted by molar-refractivity contribution is -0.120. The van der Waals surface area contributed by atoms with Gasteiger partial charge in [-0.3, -0.25) is 9.69 Å². The Morgan fingerprint density at radius 2 is 1.78 bits per heavy atom.